The highest BCUT2D eigenvalue weighted by molar-refractivity contribution is 7.90. The van der Waals surface area contributed by atoms with E-state index in [2.05, 4.69) is 10.3 Å². The lowest BCUT2D eigenvalue weighted by Crippen LogP contribution is -2.41. The van der Waals surface area contributed by atoms with Crippen molar-refractivity contribution >= 4 is 22.4 Å². The Morgan fingerprint density at radius 1 is 1.30 bits per heavy atom. The van der Waals surface area contributed by atoms with E-state index in [9.17, 15) is 18.0 Å². The van der Waals surface area contributed by atoms with Crippen LogP contribution in [0.25, 0.3) is 0 Å². The van der Waals surface area contributed by atoms with Crippen LogP contribution in [0.5, 0.6) is 0 Å². The fourth-order valence-electron chi connectivity index (χ4n) is 2.23. The fraction of sp³-hybridized carbons (Fsp3) is 0.389. The second-order valence-electron chi connectivity index (χ2n) is 7.11. The van der Waals surface area contributed by atoms with E-state index < -0.39 is 27.8 Å². The van der Waals surface area contributed by atoms with Crippen molar-refractivity contribution in [3.05, 3.63) is 48.0 Å². The Balaban J connectivity index is 2.11. The van der Waals surface area contributed by atoms with Gasteiger partial charge in [0.25, 0.3) is 10.0 Å². The van der Waals surface area contributed by atoms with Crippen LogP contribution in [0.15, 0.2) is 41.7 Å². The molecule has 0 saturated carbocycles. The predicted molar refractivity (Wildman–Crippen MR) is 98.9 cm³/mol. The maximum Gasteiger partial charge on any atom is 0.408 e. The molecule has 0 bridgehead atoms. The zero-order chi connectivity index (χ0) is 20.2. The number of rotatable bonds is 6. The number of aryl methyl sites for hydroxylation is 1. The molecule has 0 fully saturated rings. The van der Waals surface area contributed by atoms with Crippen LogP contribution in [0.2, 0.25) is 0 Å². The van der Waals surface area contributed by atoms with Gasteiger partial charge in [0.1, 0.15) is 18.2 Å². The Bertz CT molecular complexity index is 911. The lowest BCUT2D eigenvalue weighted by atomic mass is 10.2. The number of hydrogen-bond donors (Lipinski definition) is 1. The number of carbonyl (C=O) groups excluding carboxylic acids is 2. The number of nitrogens with one attached hydrogen (secondary N) is 1. The van der Waals surface area contributed by atoms with Gasteiger partial charge in [-0.3, -0.25) is 0 Å². The molecule has 1 unspecified atom stereocenters. The van der Waals surface area contributed by atoms with Gasteiger partial charge in [-0.15, -0.1) is 0 Å². The molecule has 27 heavy (non-hydrogen) atoms. The SMILES string of the molecule is Cc1ccc(S(=O)(=O)n2cnc(CC(C=O)NC(=O)OC(C)(C)C)c2)cc1. The molecular formula is C18H23N3O5S. The summed E-state index contributed by atoms with van der Waals surface area (Å²) < 4.78 is 31.3. The van der Waals surface area contributed by atoms with Gasteiger partial charge in [0.15, 0.2) is 0 Å². The van der Waals surface area contributed by atoms with E-state index in [1.165, 1.54) is 24.7 Å². The molecule has 0 spiro atoms. The lowest BCUT2D eigenvalue weighted by molar-refractivity contribution is -0.109. The van der Waals surface area contributed by atoms with E-state index in [1.807, 2.05) is 6.92 Å². The molecule has 2 rings (SSSR count). The van der Waals surface area contributed by atoms with E-state index in [4.69, 9.17) is 4.74 Å². The van der Waals surface area contributed by atoms with Gasteiger partial charge in [0, 0.05) is 12.6 Å². The fourth-order valence-corrected chi connectivity index (χ4v) is 3.39. The predicted octanol–water partition coefficient (Wildman–Crippen LogP) is 2.06. The highest BCUT2D eigenvalue weighted by atomic mass is 32.2. The highest BCUT2D eigenvalue weighted by Gasteiger charge is 2.21. The second-order valence-corrected chi connectivity index (χ2v) is 8.95. The highest BCUT2D eigenvalue weighted by Crippen LogP contribution is 2.15. The summed E-state index contributed by atoms with van der Waals surface area (Å²) in [6.07, 6.45) is 2.35. The van der Waals surface area contributed by atoms with Crippen LogP contribution in [0.1, 0.15) is 32.0 Å². The molecule has 9 heteroatoms. The number of nitrogens with zero attached hydrogens (tertiary/aromatic N) is 2. The normalized spacial score (nSPS) is 13.0. The topological polar surface area (TPSA) is 107 Å². The van der Waals surface area contributed by atoms with Gasteiger partial charge in [-0.25, -0.2) is 22.2 Å². The molecule has 1 heterocycles. The maximum absolute atomic E-state index is 12.6. The van der Waals surface area contributed by atoms with Crippen LogP contribution in [0, 0.1) is 6.92 Å². The van der Waals surface area contributed by atoms with Gasteiger partial charge in [0.2, 0.25) is 0 Å². The first-order valence-electron chi connectivity index (χ1n) is 8.31. The number of alkyl carbamates (subject to hydrolysis) is 1. The van der Waals surface area contributed by atoms with Gasteiger partial charge in [-0.2, -0.15) is 0 Å². The minimum Gasteiger partial charge on any atom is -0.444 e. The van der Waals surface area contributed by atoms with Crippen LogP contribution in [-0.4, -0.2) is 41.4 Å². The minimum absolute atomic E-state index is 0.0408. The van der Waals surface area contributed by atoms with E-state index in [-0.39, 0.29) is 11.3 Å². The molecule has 0 aliphatic heterocycles. The molecule has 146 valence electrons. The third-order valence-electron chi connectivity index (χ3n) is 3.51. The number of imidazole rings is 1. The zero-order valence-electron chi connectivity index (χ0n) is 15.7. The quantitative estimate of drug-likeness (QED) is 0.753. The Kier molecular flexibility index (Phi) is 6.04. The first-order chi connectivity index (χ1) is 12.5. The average Bonchev–Trinajstić information content (AvgIpc) is 3.02. The van der Waals surface area contributed by atoms with Crippen molar-refractivity contribution in [1.82, 2.24) is 14.3 Å². The zero-order valence-corrected chi connectivity index (χ0v) is 16.5. The largest absolute Gasteiger partial charge is 0.444 e. The Labute approximate surface area is 158 Å². The van der Waals surface area contributed by atoms with Gasteiger partial charge in [-0.05, 0) is 39.8 Å². The van der Waals surface area contributed by atoms with Gasteiger partial charge in [0.05, 0.1) is 16.6 Å². The van der Waals surface area contributed by atoms with Crippen LogP contribution in [0.3, 0.4) is 0 Å². The van der Waals surface area contributed by atoms with Gasteiger partial charge < -0.3 is 14.8 Å². The molecule has 0 aliphatic rings. The van der Waals surface area contributed by atoms with Gasteiger partial charge >= 0.3 is 6.09 Å². The number of amides is 1. The summed E-state index contributed by atoms with van der Waals surface area (Å²) >= 11 is 0. The molecule has 8 nitrogen and oxygen atoms in total. The van der Waals surface area contributed by atoms with Crippen LogP contribution in [0.4, 0.5) is 4.79 Å². The van der Waals surface area contributed by atoms with Crippen molar-refractivity contribution in [3.63, 3.8) is 0 Å². The minimum atomic E-state index is -3.77. The van der Waals surface area contributed by atoms with E-state index in [1.54, 1.807) is 32.9 Å². The average molecular weight is 393 g/mol. The van der Waals surface area contributed by atoms with Crippen molar-refractivity contribution in [1.29, 1.82) is 0 Å². The van der Waals surface area contributed by atoms with E-state index >= 15 is 0 Å². The molecule has 1 aromatic heterocycles. The standard InChI is InChI=1S/C18H23N3O5S/c1-13-5-7-16(8-6-13)27(24,25)21-10-14(19-12-21)9-15(11-22)20-17(23)26-18(2,3)4/h5-8,10-12,15H,9H2,1-4H3,(H,20,23). The number of carbonyl (C=O) groups is 2. The van der Waals surface area contributed by atoms with Crippen molar-refractivity contribution in [2.45, 2.75) is 50.7 Å². The van der Waals surface area contributed by atoms with Crippen molar-refractivity contribution < 1.29 is 22.7 Å². The lowest BCUT2D eigenvalue weighted by Gasteiger charge is -2.21. The van der Waals surface area contributed by atoms with E-state index in [0.717, 1.165) is 9.54 Å². The monoisotopic (exact) mass is 393 g/mol. The Morgan fingerprint density at radius 3 is 2.48 bits per heavy atom. The van der Waals surface area contributed by atoms with Crippen molar-refractivity contribution in [3.8, 4) is 0 Å². The number of benzene rings is 1. The third kappa shape index (κ3) is 5.65. The van der Waals surface area contributed by atoms with Crippen molar-refractivity contribution in [2.75, 3.05) is 0 Å². The molecule has 1 atom stereocenters. The number of hydrogen-bond acceptors (Lipinski definition) is 6. The number of aromatic nitrogens is 2. The van der Waals surface area contributed by atoms with Crippen molar-refractivity contribution in [2.24, 2.45) is 0 Å². The summed E-state index contributed by atoms with van der Waals surface area (Å²) in [7, 11) is -3.77. The smallest absolute Gasteiger partial charge is 0.408 e. The summed E-state index contributed by atoms with van der Waals surface area (Å²) in [4.78, 5) is 27.2. The van der Waals surface area contributed by atoms with Crippen LogP contribution in [-0.2, 0) is 26.0 Å². The molecule has 2 aromatic rings. The molecule has 1 aromatic carbocycles. The molecule has 0 aliphatic carbocycles. The van der Waals surface area contributed by atoms with Crippen LogP contribution < -0.4 is 5.32 Å². The second kappa shape index (κ2) is 7.91. The number of aldehydes is 1. The first-order valence-corrected chi connectivity index (χ1v) is 9.75. The summed E-state index contributed by atoms with van der Waals surface area (Å²) in [6.45, 7) is 6.99. The first kappa shape index (κ1) is 20.6. The molecular weight excluding hydrogens is 370 g/mol. The third-order valence-corrected chi connectivity index (χ3v) is 5.13. The summed E-state index contributed by atoms with van der Waals surface area (Å²) in [5.74, 6) is 0. The Morgan fingerprint density at radius 2 is 1.93 bits per heavy atom. The molecule has 0 radical (unpaired) electrons. The van der Waals surface area contributed by atoms with Crippen LogP contribution >= 0.6 is 0 Å². The number of ether oxygens (including phenoxy) is 1. The van der Waals surface area contributed by atoms with Gasteiger partial charge in [-0.1, -0.05) is 17.7 Å². The van der Waals surface area contributed by atoms with E-state index in [0.29, 0.717) is 12.0 Å². The maximum atomic E-state index is 12.6. The Hall–Kier alpha value is -2.68. The summed E-state index contributed by atoms with van der Waals surface area (Å²) in [5.41, 5.74) is 0.599. The summed E-state index contributed by atoms with van der Waals surface area (Å²) in [6, 6.07) is 5.56. The molecule has 1 amide bonds. The molecule has 0 saturated heterocycles. The molecule has 1 N–H and O–H groups in total. The summed E-state index contributed by atoms with van der Waals surface area (Å²) in [5, 5.41) is 2.43.